The highest BCUT2D eigenvalue weighted by Gasteiger charge is 2.20. The van der Waals surface area contributed by atoms with E-state index in [1.165, 1.54) is 13.2 Å². The maximum Gasteiger partial charge on any atom is 0.264 e. The number of ether oxygens (including phenoxy) is 1. The largest absolute Gasteiger partial charge is 0.494 e. The standard InChI is InChI=1S/C16H15BrFN3O3S/c1-3-21-14-7-4-10(17)8-13(14)19-16(21)20-25(22,23)11-5-6-12(18)15(9-11)24-2/h4-9H,3H2,1-2H3,(H,19,20). The predicted molar refractivity (Wildman–Crippen MR) is 96.9 cm³/mol. The summed E-state index contributed by atoms with van der Waals surface area (Å²) in [4.78, 5) is 4.24. The topological polar surface area (TPSA) is 73.2 Å². The van der Waals surface area contributed by atoms with Crippen LogP contribution in [0.3, 0.4) is 0 Å². The molecular formula is C16H15BrFN3O3S. The zero-order chi connectivity index (χ0) is 18.2. The SMILES string of the molecule is CCn1c(NS(=O)(=O)c2ccc(F)c(OC)c2)nc2cc(Br)ccc21. The lowest BCUT2D eigenvalue weighted by Gasteiger charge is -2.10. The van der Waals surface area contributed by atoms with Crippen LogP contribution in [0.4, 0.5) is 10.3 Å². The van der Waals surface area contributed by atoms with E-state index < -0.39 is 15.8 Å². The molecule has 0 bridgehead atoms. The first kappa shape index (κ1) is 17.7. The van der Waals surface area contributed by atoms with Gasteiger partial charge in [-0.05, 0) is 37.3 Å². The summed E-state index contributed by atoms with van der Waals surface area (Å²) >= 11 is 3.37. The summed E-state index contributed by atoms with van der Waals surface area (Å²) in [6.07, 6.45) is 0. The van der Waals surface area contributed by atoms with E-state index in [-0.39, 0.29) is 16.6 Å². The molecule has 2 aromatic carbocycles. The number of anilines is 1. The van der Waals surface area contributed by atoms with Crippen LogP contribution in [0.1, 0.15) is 6.92 Å². The summed E-state index contributed by atoms with van der Waals surface area (Å²) in [6, 6.07) is 8.88. The van der Waals surface area contributed by atoms with Crippen molar-refractivity contribution in [3.63, 3.8) is 0 Å². The zero-order valence-electron chi connectivity index (χ0n) is 13.5. The maximum absolute atomic E-state index is 13.5. The van der Waals surface area contributed by atoms with Crippen LogP contribution in [0, 0.1) is 5.82 Å². The molecule has 0 spiro atoms. The van der Waals surface area contributed by atoms with E-state index in [0.717, 1.165) is 22.1 Å². The average Bonchev–Trinajstić information content (AvgIpc) is 2.90. The summed E-state index contributed by atoms with van der Waals surface area (Å²) in [5.74, 6) is -0.582. The molecule has 0 fully saturated rings. The van der Waals surface area contributed by atoms with Gasteiger partial charge in [0.1, 0.15) is 0 Å². The summed E-state index contributed by atoms with van der Waals surface area (Å²) in [5.41, 5.74) is 1.46. The van der Waals surface area contributed by atoms with Crippen LogP contribution in [-0.2, 0) is 16.6 Å². The third kappa shape index (κ3) is 3.34. The Kier molecular flexibility index (Phi) is 4.70. The number of hydrogen-bond donors (Lipinski definition) is 1. The number of nitrogens with one attached hydrogen (secondary N) is 1. The van der Waals surface area contributed by atoms with E-state index in [1.54, 1.807) is 10.6 Å². The van der Waals surface area contributed by atoms with Crippen LogP contribution in [0.25, 0.3) is 11.0 Å². The summed E-state index contributed by atoms with van der Waals surface area (Å²) in [6.45, 7) is 2.42. The monoisotopic (exact) mass is 427 g/mol. The Morgan fingerprint density at radius 2 is 2.04 bits per heavy atom. The molecule has 0 saturated heterocycles. The highest BCUT2D eigenvalue weighted by Crippen LogP contribution is 2.26. The van der Waals surface area contributed by atoms with E-state index in [0.29, 0.717) is 12.1 Å². The fraction of sp³-hybridized carbons (Fsp3) is 0.188. The molecule has 0 saturated carbocycles. The molecular weight excluding hydrogens is 413 g/mol. The van der Waals surface area contributed by atoms with Gasteiger partial charge in [-0.15, -0.1) is 0 Å². The predicted octanol–water partition coefficient (Wildman–Crippen LogP) is 3.77. The van der Waals surface area contributed by atoms with Gasteiger partial charge in [-0.3, -0.25) is 0 Å². The van der Waals surface area contributed by atoms with Crippen molar-refractivity contribution < 1.29 is 17.5 Å². The first-order valence-corrected chi connectivity index (χ1v) is 9.65. The number of nitrogens with zero attached hydrogens (tertiary/aromatic N) is 2. The molecule has 0 amide bonds. The summed E-state index contributed by atoms with van der Waals surface area (Å²) in [5, 5.41) is 0. The molecule has 0 unspecified atom stereocenters. The molecule has 1 heterocycles. The summed E-state index contributed by atoms with van der Waals surface area (Å²) in [7, 11) is -2.67. The fourth-order valence-corrected chi connectivity index (χ4v) is 3.86. The normalized spacial score (nSPS) is 11.7. The Morgan fingerprint density at radius 1 is 1.28 bits per heavy atom. The number of imidazole rings is 1. The first-order valence-electron chi connectivity index (χ1n) is 7.38. The molecule has 3 rings (SSSR count). The number of halogens is 2. The Bertz CT molecular complexity index is 1050. The quantitative estimate of drug-likeness (QED) is 0.672. The van der Waals surface area contributed by atoms with Crippen molar-refractivity contribution in [3.05, 3.63) is 46.7 Å². The summed E-state index contributed by atoms with van der Waals surface area (Å²) < 4.78 is 48.7. The second-order valence-electron chi connectivity index (χ2n) is 5.21. The van der Waals surface area contributed by atoms with Crippen LogP contribution < -0.4 is 9.46 Å². The minimum atomic E-state index is -3.94. The van der Waals surface area contributed by atoms with E-state index in [1.807, 2.05) is 19.1 Å². The maximum atomic E-state index is 13.5. The molecule has 9 heteroatoms. The van der Waals surface area contributed by atoms with Crippen molar-refractivity contribution in [2.75, 3.05) is 11.8 Å². The second kappa shape index (κ2) is 6.64. The van der Waals surface area contributed by atoms with E-state index in [9.17, 15) is 12.8 Å². The van der Waals surface area contributed by atoms with Gasteiger partial charge in [0.05, 0.1) is 23.0 Å². The lowest BCUT2D eigenvalue weighted by Crippen LogP contribution is -2.16. The smallest absolute Gasteiger partial charge is 0.264 e. The molecule has 1 N–H and O–H groups in total. The van der Waals surface area contributed by atoms with Gasteiger partial charge in [0.2, 0.25) is 5.95 Å². The molecule has 25 heavy (non-hydrogen) atoms. The number of methoxy groups -OCH3 is 1. The molecule has 1 aromatic heterocycles. The van der Waals surface area contributed by atoms with Crippen molar-refractivity contribution in [2.45, 2.75) is 18.4 Å². The molecule has 0 aliphatic heterocycles. The number of fused-ring (bicyclic) bond motifs is 1. The number of aryl methyl sites for hydroxylation is 1. The lowest BCUT2D eigenvalue weighted by molar-refractivity contribution is 0.385. The van der Waals surface area contributed by atoms with Crippen molar-refractivity contribution in [1.82, 2.24) is 9.55 Å². The van der Waals surface area contributed by atoms with Gasteiger partial charge < -0.3 is 9.30 Å². The van der Waals surface area contributed by atoms with Crippen LogP contribution in [0.5, 0.6) is 5.75 Å². The van der Waals surface area contributed by atoms with Crippen LogP contribution in [-0.4, -0.2) is 25.1 Å². The number of sulfonamides is 1. The Hall–Kier alpha value is -2.13. The van der Waals surface area contributed by atoms with E-state index in [2.05, 4.69) is 25.6 Å². The zero-order valence-corrected chi connectivity index (χ0v) is 15.9. The Morgan fingerprint density at radius 3 is 2.72 bits per heavy atom. The van der Waals surface area contributed by atoms with Gasteiger partial charge >= 0.3 is 0 Å². The highest BCUT2D eigenvalue weighted by molar-refractivity contribution is 9.10. The lowest BCUT2D eigenvalue weighted by atomic mass is 10.3. The Labute approximate surface area is 152 Å². The highest BCUT2D eigenvalue weighted by atomic mass is 79.9. The number of hydrogen-bond acceptors (Lipinski definition) is 4. The van der Waals surface area contributed by atoms with Crippen molar-refractivity contribution >= 4 is 42.9 Å². The number of rotatable bonds is 5. The number of aromatic nitrogens is 2. The van der Waals surface area contributed by atoms with Crippen molar-refractivity contribution in [1.29, 1.82) is 0 Å². The van der Waals surface area contributed by atoms with Gasteiger partial charge in [-0.2, -0.15) is 0 Å². The van der Waals surface area contributed by atoms with Gasteiger partial charge in [0.25, 0.3) is 10.0 Å². The van der Waals surface area contributed by atoms with Gasteiger partial charge in [0, 0.05) is 17.1 Å². The minimum absolute atomic E-state index is 0.110. The fourth-order valence-electron chi connectivity index (χ4n) is 2.49. The van der Waals surface area contributed by atoms with Gasteiger partial charge in [-0.25, -0.2) is 22.5 Å². The molecule has 3 aromatic rings. The average molecular weight is 428 g/mol. The van der Waals surface area contributed by atoms with Crippen LogP contribution in [0.15, 0.2) is 45.8 Å². The first-order chi connectivity index (χ1) is 11.9. The van der Waals surface area contributed by atoms with E-state index >= 15 is 0 Å². The molecule has 0 atom stereocenters. The third-order valence-electron chi connectivity index (χ3n) is 3.69. The van der Waals surface area contributed by atoms with Crippen LogP contribution >= 0.6 is 15.9 Å². The number of benzene rings is 2. The van der Waals surface area contributed by atoms with Crippen molar-refractivity contribution in [2.24, 2.45) is 0 Å². The molecule has 0 aliphatic carbocycles. The molecule has 6 nitrogen and oxygen atoms in total. The molecule has 0 aliphatic rings. The minimum Gasteiger partial charge on any atom is -0.494 e. The third-order valence-corrected chi connectivity index (χ3v) is 5.50. The molecule has 132 valence electrons. The van der Waals surface area contributed by atoms with Crippen molar-refractivity contribution in [3.8, 4) is 5.75 Å². The Balaban J connectivity index is 2.05. The van der Waals surface area contributed by atoms with Crippen LogP contribution in [0.2, 0.25) is 0 Å². The molecule has 0 radical (unpaired) electrons. The van der Waals surface area contributed by atoms with Gasteiger partial charge in [-0.1, -0.05) is 15.9 Å². The van der Waals surface area contributed by atoms with Gasteiger partial charge in [0.15, 0.2) is 11.6 Å². The second-order valence-corrected chi connectivity index (χ2v) is 7.81. The van der Waals surface area contributed by atoms with E-state index in [4.69, 9.17) is 4.74 Å².